The first-order valence-corrected chi connectivity index (χ1v) is 6.32. The lowest BCUT2D eigenvalue weighted by atomic mass is 9.98. The summed E-state index contributed by atoms with van der Waals surface area (Å²) in [5.74, 6) is 0.648. The van der Waals surface area contributed by atoms with Crippen molar-refractivity contribution in [1.82, 2.24) is 14.5 Å². The normalized spacial score (nSPS) is 17.8. The van der Waals surface area contributed by atoms with Crippen molar-refractivity contribution in [2.75, 3.05) is 7.11 Å². The minimum atomic E-state index is -0.142. The van der Waals surface area contributed by atoms with Gasteiger partial charge in [-0.3, -0.25) is 9.78 Å². The largest absolute Gasteiger partial charge is 0.469 e. The molecule has 0 radical (unpaired) electrons. The van der Waals surface area contributed by atoms with Crippen LogP contribution >= 0.6 is 0 Å². The van der Waals surface area contributed by atoms with E-state index in [1.807, 2.05) is 18.3 Å². The zero-order chi connectivity index (χ0) is 13.2. The van der Waals surface area contributed by atoms with Gasteiger partial charge in [0, 0.05) is 36.4 Å². The van der Waals surface area contributed by atoms with Gasteiger partial charge in [0.25, 0.3) is 0 Å². The summed E-state index contributed by atoms with van der Waals surface area (Å²) in [5.41, 5.74) is 2.14. The van der Waals surface area contributed by atoms with E-state index in [1.54, 1.807) is 12.4 Å². The Morgan fingerprint density at radius 3 is 3.11 bits per heavy atom. The summed E-state index contributed by atoms with van der Waals surface area (Å²) in [5, 5.41) is 0. The van der Waals surface area contributed by atoms with Crippen molar-refractivity contribution in [2.24, 2.45) is 5.92 Å². The summed E-state index contributed by atoms with van der Waals surface area (Å²) >= 11 is 0. The Morgan fingerprint density at radius 2 is 2.37 bits per heavy atom. The van der Waals surface area contributed by atoms with Gasteiger partial charge in [-0.15, -0.1) is 0 Å². The maximum Gasteiger partial charge on any atom is 0.310 e. The molecule has 0 N–H and O–H groups in total. The Labute approximate surface area is 111 Å². The maximum absolute atomic E-state index is 11.7. The standard InChI is InChI=1S/C14H15N3O2/c1-19-14(18)11-4-5-12-8-16-13(17(12)9-11)10-3-2-6-15-7-10/h2-3,6-8,11H,4-5,9H2,1H3. The molecule has 3 rings (SSSR count). The summed E-state index contributed by atoms with van der Waals surface area (Å²) in [4.78, 5) is 20.3. The lowest BCUT2D eigenvalue weighted by molar-refractivity contribution is -0.146. The molecule has 1 atom stereocenters. The highest BCUT2D eigenvalue weighted by atomic mass is 16.5. The number of pyridine rings is 1. The minimum Gasteiger partial charge on any atom is -0.469 e. The van der Waals surface area contributed by atoms with Crippen LogP contribution in [-0.2, 0) is 22.5 Å². The van der Waals surface area contributed by atoms with E-state index in [1.165, 1.54) is 12.8 Å². The summed E-state index contributed by atoms with van der Waals surface area (Å²) in [6, 6.07) is 3.86. The van der Waals surface area contributed by atoms with Crippen LogP contribution in [0.2, 0.25) is 0 Å². The minimum absolute atomic E-state index is 0.0814. The van der Waals surface area contributed by atoms with Gasteiger partial charge in [-0.25, -0.2) is 4.98 Å². The smallest absolute Gasteiger partial charge is 0.310 e. The molecule has 1 aliphatic heterocycles. The van der Waals surface area contributed by atoms with E-state index in [2.05, 4.69) is 14.5 Å². The fraction of sp³-hybridized carbons (Fsp3) is 0.357. The second kappa shape index (κ2) is 4.84. The third-order valence-corrected chi connectivity index (χ3v) is 3.54. The number of hydrogen-bond donors (Lipinski definition) is 0. The molecule has 3 heterocycles. The van der Waals surface area contributed by atoms with E-state index in [9.17, 15) is 4.79 Å². The van der Waals surface area contributed by atoms with Gasteiger partial charge in [-0.05, 0) is 25.0 Å². The number of ether oxygens (including phenoxy) is 1. The van der Waals surface area contributed by atoms with Crippen LogP contribution in [0.25, 0.3) is 11.4 Å². The molecule has 98 valence electrons. The predicted molar refractivity (Wildman–Crippen MR) is 69.3 cm³/mol. The number of hydrogen-bond acceptors (Lipinski definition) is 4. The first-order valence-electron chi connectivity index (χ1n) is 6.32. The van der Waals surface area contributed by atoms with Gasteiger partial charge in [0.2, 0.25) is 0 Å². The Bertz CT molecular complexity index is 592. The van der Waals surface area contributed by atoms with E-state index < -0.39 is 0 Å². The lowest BCUT2D eigenvalue weighted by Crippen LogP contribution is -2.27. The van der Waals surface area contributed by atoms with Crippen LogP contribution in [-0.4, -0.2) is 27.6 Å². The van der Waals surface area contributed by atoms with E-state index in [-0.39, 0.29) is 11.9 Å². The van der Waals surface area contributed by atoms with E-state index >= 15 is 0 Å². The van der Waals surface area contributed by atoms with Crippen LogP contribution in [0.5, 0.6) is 0 Å². The molecule has 0 aliphatic carbocycles. The maximum atomic E-state index is 11.7. The van der Waals surface area contributed by atoms with Crippen molar-refractivity contribution >= 4 is 5.97 Å². The van der Waals surface area contributed by atoms with Crippen molar-refractivity contribution < 1.29 is 9.53 Å². The summed E-state index contributed by atoms with van der Waals surface area (Å²) in [6.07, 6.45) is 7.09. The van der Waals surface area contributed by atoms with E-state index in [0.717, 1.165) is 24.2 Å². The summed E-state index contributed by atoms with van der Waals surface area (Å²) in [6.45, 7) is 0.631. The molecule has 0 fully saturated rings. The third-order valence-electron chi connectivity index (χ3n) is 3.54. The van der Waals surface area contributed by atoms with Crippen molar-refractivity contribution in [1.29, 1.82) is 0 Å². The molecule has 2 aromatic heterocycles. The zero-order valence-electron chi connectivity index (χ0n) is 10.7. The highest BCUT2D eigenvalue weighted by Gasteiger charge is 2.27. The van der Waals surface area contributed by atoms with Gasteiger partial charge in [0.1, 0.15) is 5.82 Å². The second-order valence-electron chi connectivity index (χ2n) is 4.68. The fourth-order valence-electron chi connectivity index (χ4n) is 2.53. The molecule has 0 aromatic carbocycles. The zero-order valence-corrected chi connectivity index (χ0v) is 10.7. The monoisotopic (exact) mass is 257 g/mol. The molecular formula is C14H15N3O2. The third kappa shape index (κ3) is 2.12. The SMILES string of the molecule is COC(=O)C1CCc2cnc(-c3cccnc3)n2C1. The number of imidazole rings is 1. The van der Waals surface area contributed by atoms with Gasteiger partial charge in [0.15, 0.2) is 0 Å². The molecule has 5 heteroatoms. The molecule has 1 unspecified atom stereocenters. The van der Waals surface area contributed by atoms with E-state index in [0.29, 0.717) is 6.54 Å². The number of carbonyl (C=O) groups is 1. The number of nitrogens with zero attached hydrogens (tertiary/aromatic N) is 3. The van der Waals surface area contributed by atoms with Crippen molar-refractivity contribution in [3.05, 3.63) is 36.4 Å². The van der Waals surface area contributed by atoms with Crippen molar-refractivity contribution in [3.63, 3.8) is 0 Å². The average Bonchev–Trinajstić information content (AvgIpc) is 2.90. The second-order valence-corrected chi connectivity index (χ2v) is 4.68. The topological polar surface area (TPSA) is 57.0 Å². The van der Waals surface area contributed by atoms with Crippen LogP contribution in [0.4, 0.5) is 0 Å². The Balaban J connectivity index is 1.95. The number of aryl methyl sites for hydroxylation is 1. The van der Waals surface area contributed by atoms with Crippen LogP contribution in [0.1, 0.15) is 12.1 Å². The first-order chi connectivity index (χ1) is 9.29. The lowest BCUT2D eigenvalue weighted by Gasteiger charge is -2.23. The Kier molecular flexibility index (Phi) is 3.03. The van der Waals surface area contributed by atoms with Crippen LogP contribution in [0, 0.1) is 5.92 Å². The number of rotatable bonds is 2. The van der Waals surface area contributed by atoms with Crippen LogP contribution < -0.4 is 0 Å². The molecule has 1 aliphatic rings. The van der Waals surface area contributed by atoms with Gasteiger partial charge >= 0.3 is 5.97 Å². The van der Waals surface area contributed by atoms with Gasteiger partial charge < -0.3 is 9.30 Å². The van der Waals surface area contributed by atoms with Crippen LogP contribution in [0.3, 0.4) is 0 Å². The molecule has 0 saturated carbocycles. The number of aromatic nitrogens is 3. The number of carbonyl (C=O) groups excluding carboxylic acids is 1. The van der Waals surface area contributed by atoms with Crippen molar-refractivity contribution in [2.45, 2.75) is 19.4 Å². The summed E-state index contributed by atoms with van der Waals surface area (Å²) < 4.78 is 6.94. The van der Waals surface area contributed by atoms with Crippen LogP contribution in [0.15, 0.2) is 30.7 Å². The molecule has 0 amide bonds. The quantitative estimate of drug-likeness (QED) is 0.768. The first kappa shape index (κ1) is 11.9. The van der Waals surface area contributed by atoms with E-state index in [4.69, 9.17) is 4.74 Å². The molecule has 5 nitrogen and oxygen atoms in total. The highest BCUT2D eigenvalue weighted by molar-refractivity contribution is 5.72. The number of methoxy groups -OCH3 is 1. The predicted octanol–water partition coefficient (Wildman–Crippen LogP) is 1.68. The molecule has 0 spiro atoms. The Morgan fingerprint density at radius 1 is 1.47 bits per heavy atom. The molecule has 0 saturated heterocycles. The summed E-state index contributed by atoms with van der Waals surface area (Å²) in [7, 11) is 1.44. The van der Waals surface area contributed by atoms with Gasteiger partial charge in [-0.2, -0.15) is 0 Å². The number of fused-ring (bicyclic) bond motifs is 1. The molecule has 2 aromatic rings. The van der Waals surface area contributed by atoms with Crippen molar-refractivity contribution in [3.8, 4) is 11.4 Å². The Hall–Kier alpha value is -2.17. The average molecular weight is 257 g/mol. The molecular weight excluding hydrogens is 242 g/mol. The fourth-order valence-corrected chi connectivity index (χ4v) is 2.53. The molecule has 0 bridgehead atoms. The van der Waals surface area contributed by atoms with Gasteiger partial charge in [0.05, 0.1) is 13.0 Å². The highest BCUT2D eigenvalue weighted by Crippen LogP contribution is 2.27. The molecule has 19 heavy (non-hydrogen) atoms. The van der Waals surface area contributed by atoms with Gasteiger partial charge in [-0.1, -0.05) is 0 Å². The number of esters is 1.